The van der Waals surface area contributed by atoms with E-state index in [2.05, 4.69) is 22.4 Å². The van der Waals surface area contributed by atoms with Crippen molar-refractivity contribution in [2.45, 2.75) is 110 Å². The maximum atomic E-state index is 15.1. The van der Waals surface area contributed by atoms with Crippen LogP contribution >= 0.6 is 0 Å². The van der Waals surface area contributed by atoms with E-state index < -0.39 is 77.9 Å². The molecule has 5 atom stereocenters. The van der Waals surface area contributed by atoms with Crippen LogP contribution < -0.4 is 15.6 Å². The minimum Gasteiger partial charge on any atom is -0.464 e. The number of aryl methyl sites for hydroxylation is 1. The normalized spacial score (nSPS) is 21.9. The van der Waals surface area contributed by atoms with Crippen molar-refractivity contribution in [3.05, 3.63) is 71.2 Å². The molecule has 5 amide bonds. The maximum Gasteiger partial charge on any atom is 0.406 e. The molecule has 1 aromatic carbocycles. The van der Waals surface area contributed by atoms with Gasteiger partial charge in [0.2, 0.25) is 17.7 Å². The molecule has 2 saturated heterocycles. The van der Waals surface area contributed by atoms with Gasteiger partial charge in [0, 0.05) is 82.6 Å². The van der Waals surface area contributed by atoms with Crippen molar-refractivity contribution in [1.82, 2.24) is 39.9 Å². The predicted molar refractivity (Wildman–Crippen MR) is 248 cm³/mol. The van der Waals surface area contributed by atoms with Gasteiger partial charge in [-0.15, -0.1) is 0 Å². The molecule has 0 spiro atoms. The summed E-state index contributed by atoms with van der Waals surface area (Å²) in [5, 5.41) is 8.69. The van der Waals surface area contributed by atoms with E-state index in [9.17, 15) is 37.1 Å². The molecule has 6 bridgehead atoms. The number of cyclic esters (lactones) is 1. The average molecular weight is 964 g/mol. The van der Waals surface area contributed by atoms with Crippen molar-refractivity contribution >= 4 is 41.2 Å². The van der Waals surface area contributed by atoms with E-state index in [0.717, 1.165) is 0 Å². The molecule has 3 aromatic rings. The molecule has 6 heterocycles. The van der Waals surface area contributed by atoms with Crippen LogP contribution in [-0.2, 0) is 66.3 Å². The van der Waals surface area contributed by atoms with E-state index in [4.69, 9.17) is 9.47 Å². The Labute approximate surface area is 400 Å². The van der Waals surface area contributed by atoms with Crippen molar-refractivity contribution in [3.63, 3.8) is 0 Å². The first kappa shape index (κ1) is 50.8. The molecule has 0 radical (unpaired) electrons. The summed E-state index contributed by atoms with van der Waals surface area (Å²) in [7, 11) is 4.70. The van der Waals surface area contributed by atoms with Crippen LogP contribution in [0.3, 0.4) is 0 Å². The highest BCUT2D eigenvalue weighted by molar-refractivity contribution is 6.10. The summed E-state index contributed by atoms with van der Waals surface area (Å²) in [6.45, 7) is 11.7. The number of rotatable bonds is 10. The van der Waals surface area contributed by atoms with E-state index >= 15 is 4.79 Å². The standard InChI is InChI=1S/C49H64F3N9O8/c1-10-38(62)58-19-16-31(25-58)44(64)56(7)40(28(2)3)43(63)54-36-22-30-13-11-14-32(21-30)59-20-17-37-39(46(59)66)33(23-48(5,6)27-69-47(67)35-15-12-18-61(55-35)45(36)65)42(60(37)26-49(50,51)52)34-24-53-57(8)41(34)29(4)68-9/h10-11,13-14,21,24,28-29,31,35-36,40,55H,1,12,15-20,22-23,25-27H2,2-9H3,(H,54,63)/t29-,31-,35-,36-,40-/m0/s1. The molecule has 0 saturated carbocycles. The number of hydrogen-bond donors (Lipinski definition) is 2. The number of esters is 1. The Hall–Kier alpha value is -6.02. The number of fused-ring (bicyclic) bond motifs is 6. The highest BCUT2D eigenvalue weighted by Gasteiger charge is 2.43. The first-order valence-electron chi connectivity index (χ1n) is 23.5. The molecule has 4 aliphatic rings. The zero-order chi connectivity index (χ0) is 50.3. The molecule has 7 rings (SSSR count). The van der Waals surface area contributed by atoms with Gasteiger partial charge in [-0.05, 0) is 67.9 Å². The SMILES string of the molecule is C=CC(=O)N1CC[C@H](C(=O)N(C)[C@H](C(=O)N[C@H]2Cc3cccc(c3)N3CCc4c(c(c(-c5cnn(C)c5[C@H](C)OC)n4CC(F)(F)F)CC(C)(C)COC(=O)[C@@H]4CCCN(N4)C2=O)C3=O)C(C)C)C1. The summed E-state index contributed by atoms with van der Waals surface area (Å²) < 4.78 is 58.6. The molecular weight excluding hydrogens is 900 g/mol. The number of alkyl halides is 3. The predicted octanol–water partition coefficient (Wildman–Crippen LogP) is 4.53. The van der Waals surface area contributed by atoms with Gasteiger partial charge in [-0.3, -0.25) is 38.5 Å². The third-order valence-corrected chi connectivity index (χ3v) is 13.8. The number of carbonyl (C=O) groups excluding carboxylic acids is 6. The van der Waals surface area contributed by atoms with Crippen LogP contribution in [0.25, 0.3) is 11.3 Å². The number of halogens is 3. The fourth-order valence-corrected chi connectivity index (χ4v) is 10.4. The van der Waals surface area contributed by atoms with Crippen molar-refractivity contribution in [2.24, 2.45) is 24.3 Å². The quantitative estimate of drug-likeness (QED) is 0.217. The summed E-state index contributed by atoms with van der Waals surface area (Å²) in [5.74, 6) is -3.87. The highest BCUT2D eigenvalue weighted by Crippen LogP contribution is 2.43. The number of hydrazine groups is 1. The van der Waals surface area contributed by atoms with Crippen molar-refractivity contribution in [1.29, 1.82) is 0 Å². The summed E-state index contributed by atoms with van der Waals surface area (Å²) in [4.78, 5) is 88.9. The van der Waals surface area contributed by atoms with Crippen LogP contribution in [-0.4, -0.2) is 136 Å². The lowest BCUT2D eigenvalue weighted by Gasteiger charge is -2.37. The Balaban J connectivity index is 1.30. The fourth-order valence-electron chi connectivity index (χ4n) is 10.4. The lowest BCUT2D eigenvalue weighted by molar-refractivity contribution is -0.155. The van der Waals surface area contributed by atoms with Crippen molar-refractivity contribution in [2.75, 3.05) is 51.8 Å². The summed E-state index contributed by atoms with van der Waals surface area (Å²) in [6.07, 6.45) is -1.39. The van der Waals surface area contributed by atoms with E-state index in [1.807, 2.05) is 13.8 Å². The van der Waals surface area contributed by atoms with Gasteiger partial charge in [0.25, 0.3) is 11.8 Å². The number of amides is 5. The smallest absolute Gasteiger partial charge is 0.406 e. The third kappa shape index (κ3) is 10.6. The van der Waals surface area contributed by atoms with E-state index in [1.165, 1.54) is 50.7 Å². The largest absolute Gasteiger partial charge is 0.464 e. The lowest BCUT2D eigenvalue weighted by Crippen LogP contribution is -2.62. The number of anilines is 1. The number of methoxy groups -OCH3 is 1. The zero-order valence-electron chi connectivity index (χ0n) is 40.7. The number of hydrogen-bond acceptors (Lipinski definition) is 10. The van der Waals surface area contributed by atoms with Crippen LogP contribution in [0.1, 0.15) is 92.9 Å². The second-order valence-electron chi connectivity index (χ2n) is 19.8. The third-order valence-electron chi connectivity index (χ3n) is 13.8. The molecule has 4 aliphatic heterocycles. The minimum absolute atomic E-state index is 0.0283. The molecule has 2 aromatic heterocycles. The lowest BCUT2D eigenvalue weighted by atomic mass is 9.83. The van der Waals surface area contributed by atoms with Crippen molar-refractivity contribution in [3.8, 4) is 11.3 Å². The zero-order valence-corrected chi connectivity index (χ0v) is 40.7. The Morgan fingerprint density at radius 3 is 2.54 bits per heavy atom. The molecule has 2 fully saturated rings. The average Bonchev–Trinajstić information content (AvgIpc) is 4.02. The Morgan fingerprint density at radius 2 is 1.86 bits per heavy atom. The molecule has 374 valence electrons. The minimum atomic E-state index is -4.67. The van der Waals surface area contributed by atoms with Gasteiger partial charge >= 0.3 is 12.1 Å². The molecule has 0 aliphatic carbocycles. The topological polar surface area (TPSA) is 181 Å². The van der Waals surface area contributed by atoms with E-state index in [0.29, 0.717) is 53.9 Å². The number of likely N-dealkylation sites (tertiary alicyclic amines) is 1. The number of likely N-dealkylation sites (N-methyl/N-ethyl adjacent to an activating group) is 1. The summed E-state index contributed by atoms with van der Waals surface area (Å²) in [6, 6.07) is 3.70. The van der Waals surface area contributed by atoms with Gasteiger partial charge in [-0.1, -0.05) is 46.4 Å². The number of nitrogens with zero attached hydrogens (tertiary/aromatic N) is 7. The van der Waals surface area contributed by atoms with Crippen LogP contribution in [0.5, 0.6) is 0 Å². The van der Waals surface area contributed by atoms with Gasteiger partial charge in [-0.25, -0.2) is 5.43 Å². The van der Waals surface area contributed by atoms with Crippen LogP contribution in [0.15, 0.2) is 43.1 Å². The number of nitrogens with one attached hydrogen (secondary N) is 2. The van der Waals surface area contributed by atoms with Gasteiger partial charge in [0.05, 0.1) is 41.8 Å². The Bertz CT molecular complexity index is 2500. The van der Waals surface area contributed by atoms with Crippen molar-refractivity contribution < 1.29 is 51.4 Å². The van der Waals surface area contributed by atoms with Crippen LogP contribution in [0, 0.1) is 17.3 Å². The molecule has 17 nitrogen and oxygen atoms in total. The highest BCUT2D eigenvalue weighted by atomic mass is 19.4. The number of carbonyl (C=O) groups is 6. The fraction of sp³-hybridized carbons (Fsp3) is 0.571. The second kappa shape index (κ2) is 20.1. The molecule has 2 N–H and O–H groups in total. The van der Waals surface area contributed by atoms with Crippen LogP contribution in [0.4, 0.5) is 18.9 Å². The number of ether oxygens (including phenoxy) is 2. The van der Waals surface area contributed by atoms with Gasteiger partial charge in [0.15, 0.2) is 0 Å². The van der Waals surface area contributed by atoms with Crippen LogP contribution in [0.2, 0.25) is 0 Å². The van der Waals surface area contributed by atoms with Gasteiger partial charge in [0.1, 0.15) is 24.7 Å². The first-order chi connectivity index (χ1) is 32.5. The maximum absolute atomic E-state index is 15.1. The van der Waals surface area contributed by atoms with E-state index in [1.54, 1.807) is 56.8 Å². The summed E-state index contributed by atoms with van der Waals surface area (Å²) >= 11 is 0. The van der Waals surface area contributed by atoms with Gasteiger partial charge in [-0.2, -0.15) is 18.3 Å². The number of benzene rings is 1. The van der Waals surface area contributed by atoms with Gasteiger partial charge < -0.3 is 34.1 Å². The monoisotopic (exact) mass is 963 g/mol. The Kier molecular flexibility index (Phi) is 14.8. The molecule has 0 unspecified atom stereocenters. The van der Waals surface area contributed by atoms with E-state index in [-0.39, 0.29) is 74.3 Å². The molecular formula is C49H64F3N9O8. The number of aromatic nitrogens is 3. The molecule has 20 heteroatoms. The summed E-state index contributed by atoms with van der Waals surface area (Å²) in [5.41, 5.74) is 4.85. The second-order valence-corrected chi connectivity index (χ2v) is 19.8. The molecule has 69 heavy (non-hydrogen) atoms. The Morgan fingerprint density at radius 1 is 1.12 bits per heavy atom. The first-order valence-corrected chi connectivity index (χ1v) is 23.5.